The molecule has 1 aliphatic heterocycles. The van der Waals surface area contributed by atoms with E-state index in [9.17, 15) is 22.8 Å². The second-order valence-electron chi connectivity index (χ2n) is 8.75. The summed E-state index contributed by atoms with van der Waals surface area (Å²) in [7, 11) is -1.37. The number of fused-ring (bicyclic) bond motifs is 1. The van der Waals surface area contributed by atoms with Crippen LogP contribution in [0.25, 0.3) is 0 Å². The van der Waals surface area contributed by atoms with Gasteiger partial charge < -0.3 is 14.8 Å². The third kappa shape index (κ3) is 5.05. The number of anilines is 2. The topological polar surface area (TPSA) is 119 Å². The van der Waals surface area contributed by atoms with Gasteiger partial charge in [-0.25, -0.2) is 18.0 Å². The minimum atomic E-state index is -3.79. The minimum absolute atomic E-state index is 0.0698. The van der Waals surface area contributed by atoms with Crippen molar-refractivity contribution in [2.75, 3.05) is 23.8 Å². The predicted molar refractivity (Wildman–Crippen MR) is 138 cm³/mol. The Labute approximate surface area is 215 Å². The Bertz CT molecular complexity index is 1460. The fourth-order valence-corrected chi connectivity index (χ4v) is 6.00. The predicted octanol–water partition coefficient (Wildman–Crippen LogP) is 3.96. The van der Waals surface area contributed by atoms with Gasteiger partial charge in [-0.05, 0) is 74.4 Å². The maximum Gasteiger partial charge on any atom is 0.337 e. The number of hydrogen-bond donors (Lipinski definition) is 1. The molecule has 3 aromatic carbocycles. The molecule has 0 aliphatic carbocycles. The number of amides is 1. The molecule has 192 valence electrons. The number of carbonyl (C=O) groups is 3. The number of esters is 2. The van der Waals surface area contributed by atoms with Crippen LogP contribution in [0, 0.1) is 6.92 Å². The molecule has 0 unspecified atom stereocenters. The van der Waals surface area contributed by atoms with Crippen LogP contribution in [0.2, 0.25) is 0 Å². The van der Waals surface area contributed by atoms with Crippen LogP contribution >= 0.6 is 0 Å². The average Bonchev–Trinajstić information content (AvgIpc) is 3.23. The SMILES string of the molecule is COC(=O)c1cc(NC(=O)c2ccc3c(c2)C[C@H](C)N3S(=O)(=O)c2ccc(C)cc2)cc(C(=O)OC)c1. The van der Waals surface area contributed by atoms with Crippen LogP contribution in [-0.4, -0.2) is 46.5 Å². The molecular weight excluding hydrogens is 496 g/mol. The van der Waals surface area contributed by atoms with E-state index >= 15 is 0 Å². The molecule has 0 fully saturated rings. The van der Waals surface area contributed by atoms with E-state index in [0.29, 0.717) is 17.7 Å². The highest BCUT2D eigenvalue weighted by atomic mass is 32.2. The van der Waals surface area contributed by atoms with E-state index < -0.39 is 27.9 Å². The Morgan fingerprint density at radius 2 is 1.46 bits per heavy atom. The Balaban J connectivity index is 1.63. The number of sulfonamides is 1. The highest BCUT2D eigenvalue weighted by molar-refractivity contribution is 7.92. The van der Waals surface area contributed by atoms with Gasteiger partial charge >= 0.3 is 11.9 Å². The molecule has 1 aliphatic rings. The number of nitrogens with one attached hydrogen (secondary N) is 1. The van der Waals surface area contributed by atoms with Crippen LogP contribution in [0.1, 0.15) is 49.1 Å². The van der Waals surface area contributed by atoms with E-state index in [1.165, 1.54) is 42.8 Å². The number of ether oxygens (including phenoxy) is 2. The first-order chi connectivity index (χ1) is 17.5. The molecule has 9 nitrogen and oxygen atoms in total. The smallest absolute Gasteiger partial charge is 0.337 e. The Hall–Kier alpha value is -4.18. The lowest BCUT2D eigenvalue weighted by atomic mass is 10.1. The van der Waals surface area contributed by atoms with E-state index in [1.807, 2.05) is 13.8 Å². The molecule has 0 aromatic heterocycles. The highest BCUT2D eigenvalue weighted by Gasteiger charge is 2.36. The maximum atomic E-state index is 13.4. The van der Waals surface area contributed by atoms with Gasteiger partial charge in [0.1, 0.15) is 0 Å². The summed E-state index contributed by atoms with van der Waals surface area (Å²) in [6.07, 6.45) is 0.436. The standard InChI is InChI=1S/C27H26N2O7S/c1-16-5-8-23(9-6-16)37(33,34)29-17(2)11-19-12-18(7-10-24(19)29)25(30)28-22-14-20(26(31)35-3)13-21(15-22)27(32)36-4/h5-10,12-15,17H,11H2,1-4H3,(H,28,30)/t17-/m0/s1. The van der Waals surface area contributed by atoms with Crippen LogP contribution in [0.4, 0.5) is 11.4 Å². The van der Waals surface area contributed by atoms with Crippen molar-refractivity contribution in [3.05, 3.63) is 88.5 Å². The number of hydrogen-bond acceptors (Lipinski definition) is 7. The van der Waals surface area contributed by atoms with Crippen molar-refractivity contribution in [3.8, 4) is 0 Å². The summed E-state index contributed by atoms with van der Waals surface area (Å²) in [5, 5.41) is 2.69. The molecule has 0 spiro atoms. The molecule has 1 amide bonds. The zero-order chi connectivity index (χ0) is 26.9. The van der Waals surface area contributed by atoms with Gasteiger partial charge in [0.05, 0.1) is 35.9 Å². The number of nitrogens with zero attached hydrogens (tertiary/aromatic N) is 1. The van der Waals surface area contributed by atoms with Gasteiger partial charge in [0.25, 0.3) is 15.9 Å². The fraction of sp³-hybridized carbons (Fsp3) is 0.222. The molecule has 3 aromatic rings. The molecule has 37 heavy (non-hydrogen) atoms. The van der Waals surface area contributed by atoms with Crippen molar-refractivity contribution in [2.45, 2.75) is 31.2 Å². The van der Waals surface area contributed by atoms with Crippen LogP contribution in [-0.2, 0) is 25.9 Å². The first kappa shape index (κ1) is 25.9. The van der Waals surface area contributed by atoms with Crippen molar-refractivity contribution in [1.82, 2.24) is 0 Å². The zero-order valence-corrected chi connectivity index (χ0v) is 21.6. The molecule has 1 atom stereocenters. The number of rotatable bonds is 6. The third-order valence-corrected chi connectivity index (χ3v) is 8.05. The molecule has 0 saturated heterocycles. The van der Waals surface area contributed by atoms with Crippen LogP contribution in [0.5, 0.6) is 0 Å². The summed E-state index contributed by atoms with van der Waals surface area (Å²) in [6.45, 7) is 3.71. The second kappa shape index (κ2) is 10.1. The molecule has 10 heteroatoms. The maximum absolute atomic E-state index is 13.4. The number of aryl methyl sites for hydroxylation is 1. The molecule has 4 rings (SSSR count). The summed E-state index contributed by atoms with van der Waals surface area (Å²) >= 11 is 0. The van der Waals surface area contributed by atoms with Crippen LogP contribution < -0.4 is 9.62 Å². The lowest BCUT2D eigenvalue weighted by Gasteiger charge is -2.24. The Kier molecular flexibility index (Phi) is 7.04. The van der Waals surface area contributed by atoms with Crippen LogP contribution in [0.15, 0.2) is 65.6 Å². The Morgan fingerprint density at radius 1 is 0.865 bits per heavy atom. The van der Waals surface area contributed by atoms with E-state index in [1.54, 1.807) is 36.4 Å². The van der Waals surface area contributed by atoms with Crippen molar-refractivity contribution < 1.29 is 32.3 Å². The number of methoxy groups -OCH3 is 2. The first-order valence-electron chi connectivity index (χ1n) is 11.4. The quantitative estimate of drug-likeness (QED) is 0.487. The van der Waals surface area contributed by atoms with Gasteiger partial charge in [-0.3, -0.25) is 9.10 Å². The molecule has 0 bridgehead atoms. The van der Waals surface area contributed by atoms with Gasteiger partial charge in [-0.1, -0.05) is 17.7 Å². The van der Waals surface area contributed by atoms with E-state index in [-0.39, 0.29) is 27.8 Å². The van der Waals surface area contributed by atoms with Crippen LogP contribution in [0.3, 0.4) is 0 Å². The van der Waals surface area contributed by atoms with Crippen molar-refractivity contribution in [2.24, 2.45) is 0 Å². The summed E-state index contributed by atoms with van der Waals surface area (Å²) in [4.78, 5) is 37.3. The highest BCUT2D eigenvalue weighted by Crippen LogP contribution is 2.37. The molecule has 0 radical (unpaired) electrons. The zero-order valence-electron chi connectivity index (χ0n) is 20.8. The first-order valence-corrected chi connectivity index (χ1v) is 12.9. The lowest BCUT2D eigenvalue weighted by Crippen LogP contribution is -2.35. The summed E-state index contributed by atoms with van der Waals surface area (Å²) < 4.78 is 37.6. The van der Waals surface area contributed by atoms with Gasteiger partial charge in [0.15, 0.2) is 0 Å². The molecule has 1 heterocycles. The average molecular weight is 523 g/mol. The number of benzene rings is 3. The van der Waals surface area contributed by atoms with Crippen molar-refractivity contribution >= 4 is 39.2 Å². The molecule has 1 N–H and O–H groups in total. The van der Waals surface area contributed by atoms with E-state index in [2.05, 4.69) is 5.32 Å². The molecule has 0 saturated carbocycles. The van der Waals surface area contributed by atoms with Crippen molar-refractivity contribution in [3.63, 3.8) is 0 Å². The van der Waals surface area contributed by atoms with Gasteiger partial charge in [0.2, 0.25) is 0 Å². The monoisotopic (exact) mass is 522 g/mol. The summed E-state index contributed by atoms with van der Waals surface area (Å²) in [5.41, 5.74) is 2.83. The number of carbonyl (C=O) groups excluding carboxylic acids is 3. The second-order valence-corrected chi connectivity index (χ2v) is 10.6. The largest absolute Gasteiger partial charge is 0.465 e. The Morgan fingerprint density at radius 3 is 2.03 bits per heavy atom. The lowest BCUT2D eigenvalue weighted by molar-refractivity contribution is 0.0598. The van der Waals surface area contributed by atoms with E-state index in [4.69, 9.17) is 9.47 Å². The third-order valence-electron chi connectivity index (χ3n) is 6.11. The van der Waals surface area contributed by atoms with Crippen molar-refractivity contribution in [1.29, 1.82) is 0 Å². The fourth-order valence-electron chi connectivity index (χ4n) is 4.31. The molecular formula is C27H26N2O7S. The van der Waals surface area contributed by atoms with Gasteiger partial charge in [0, 0.05) is 17.3 Å². The summed E-state index contributed by atoms with van der Waals surface area (Å²) in [6, 6.07) is 15.2. The van der Waals surface area contributed by atoms with Gasteiger partial charge in [-0.2, -0.15) is 0 Å². The van der Waals surface area contributed by atoms with E-state index in [0.717, 1.165) is 11.1 Å². The van der Waals surface area contributed by atoms with Gasteiger partial charge in [-0.15, -0.1) is 0 Å². The summed E-state index contributed by atoms with van der Waals surface area (Å²) in [5.74, 6) is -1.85. The normalized spacial score (nSPS) is 14.6. The minimum Gasteiger partial charge on any atom is -0.465 e.